The minimum atomic E-state index is -0.528. The number of carbonyl (C=O) groups is 2. The van der Waals surface area contributed by atoms with Crippen molar-refractivity contribution in [1.82, 2.24) is 20.2 Å². The molecule has 0 spiro atoms. The monoisotopic (exact) mass is 356 g/mol. The topological polar surface area (TPSA) is 116 Å². The fourth-order valence-corrected chi connectivity index (χ4v) is 2.20. The van der Waals surface area contributed by atoms with Gasteiger partial charge in [0, 0.05) is 21.8 Å². The van der Waals surface area contributed by atoms with Crippen LogP contribution >= 0.6 is 11.6 Å². The van der Waals surface area contributed by atoms with Gasteiger partial charge in [0.25, 0.3) is 0 Å². The van der Waals surface area contributed by atoms with Gasteiger partial charge in [-0.15, -0.1) is 10.2 Å². The molecule has 0 aliphatic carbocycles. The molecule has 0 atom stereocenters. The molecule has 2 amide bonds. The zero-order valence-electron chi connectivity index (χ0n) is 12.9. The molecule has 0 bridgehead atoms. The van der Waals surface area contributed by atoms with Crippen LogP contribution in [0.5, 0.6) is 0 Å². The second-order valence-electron chi connectivity index (χ2n) is 5.14. The molecule has 0 saturated carbocycles. The van der Waals surface area contributed by atoms with E-state index in [0.717, 1.165) is 5.56 Å². The average molecular weight is 357 g/mol. The summed E-state index contributed by atoms with van der Waals surface area (Å²) in [5, 5.41) is 15.2. The van der Waals surface area contributed by atoms with Gasteiger partial charge in [-0.2, -0.15) is 4.80 Å². The van der Waals surface area contributed by atoms with Crippen LogP contribution < -0.4 is 11.1 Å². The molecule has 2 aromatic carbocycles. The van der Waals surface area contributed by atoms with Gasteiger partial charge in [0.05, 0.1) is 0 Å². The smallest absolute Gasteiger partial charge is 0.248 e. The third-order valence-corrected chi connectivity index (χ3v) is 3.55. The van der Waals surface area contributed by atoms with E-state index in [1.54, 1.807) is 36.4 Å². The van der Waals surface area contributed by atoms with E-state index in [0.29, 0.717) is 22.1 Å². The quantitative estimate of drug-likeness (QED) is 0.722. The van der Waals surface area contributed by atoms with Gasteiger partial charge >= 0.3 is 0 Å². The van der Waals surface area contributed by atoms with Crippen LogP contribution in [0.1, 0.15) is 10.4 Å². The van der Waals surface area contributed by atoms with Crippen LogP contribution in [0, 0.1) is 0 Å². The van der Waals surface area contributed by atoms with E-state index in [2.05, 4.69) is 20.7 Å². The SMILES string of the molecule is NC(=O)c1ccc(NC(=O)Cn2nnc(-c3ccc(Cl)cc3)n2)cc1. The number of hydrogen-bond donors (Lipinski definition) is 2. The Balaban J connectivity index is 1.63. The first-order valence-corrected chi connectivity index (χ1v) is 7.62. The predicted octanol–water partition coefficient (Wildman–Crippen LogP) is 1.73. The maximum atomic E-state index is 12.0. The molecule has 0 unspecified atom stereocenters. The molecule has 1 aromatic heterocycles. The van der Waals surface area contributed by atoms with Crippen molar-refractivity contribution in [2.45, 2.75) is 6.54 Å². The van der Waals surface area contributed by atoms with Crippen LogP contribution in [0.15, 0.2) is 48.5 Å². The molecule has 126 valence electrons. The molecule has 1 heterocycles. The van der Waals surface area contributed by atoms with Gasteiger partial charge in [-0.1, -0.05) is 11.6 Å². The summed E-state index contributed by atoms with van der Waals surface area (Å²) >= 11 is 5.84. The first kappa shape index (κ1) is 16.6. The minimum Gasteiger partial charge on any atom is -0.366 e. The normalized spacial score (nSPS) is 10.4. The Kier molecular flexibility index (Phi) is 4.71. The summed E-state index contributed by atoms with van der Waals surface area (Å²) in [7, 11) is 0. The molecule has 9 heteroatoms. The fraction of sp³-hybridized carbons (Fsp3) is 0.0625. The van der Waals surface area contributed by atoms with Crippen molar-refractivity contribution >= 4 is 29.1 Å². The second kappa shape index (κ2) is 7.10. The third kappa shape index (κ3) is 4.18. The van der Waals surface area contributed by atoms with Gasteiger partial charge in [0.15, 0.2) is 0 Å². The van der Waals surface area contributed by atoms with E-state index in [-0.39, 0.29) is 12.5 Å². The zero-order chi connectivity index (χ0) is 17.8. The molecular formula is C16H13ClN6O2. The van der Waals surface area contributed by atoms with E-state index < -0.39 is 5.91 Å². The Hall–Kier alpha value is -3.26. The van der Waals surface area contributed by atoms with Gasteiger partial charge in [-0.25, -0.2) is 0 Å². The number of nitrogens with zero attached hydrogens (tertiary/aromatic N) is 4. The van der Waals surface area contributed by atoms with Crippen molar-refractivity contribution in [3.63, 3.8) is 0 Å². The van der Waals surface area contributed by atoms with Gasteiger partial charge in [0.1, 0.15) is 6.54 Å². The number of halogens is 1. The number of rotatable bonds is 5. The van der Waals surface area contributed by atoms with Crippen LogP contribution in [0.2, 0.25) is 5.02 Å². The Morgan fingerprint density at radius 2 is 1.76 bits per heavy atom. The standard InChI is InChI=1S/C16H13ClN6O2/c17-12-5-1-11(2-6-12)16-20-22-23(21-16)9-14(24)19-13-7-3-10(4-8-13)15(18)25/h1-8H,9H2,(H2,18,25)(H,19,24). The molecule has 0 aliphatic rings. The van der Waals surface area contributed by atoms with Crippen LogP contribution in [-0.4, -0.2) is 32.0 Å². The van der Waals surface area contributed by atoms with Crippen LogP contribution in [0.25, 0.3) is 11.4 Å². The lowest BCUT2D eigenvalue weighted by molar-refractivity contribution is -0.117. The van der Waals surface area contributed by atoms with Crippen LogP contribution in [0.4, 0.5) is 5.69 Å². The Bertz CT molecular complexity index is 905. The summed E-state index contributed by atoms with van der Waals surface area (Å²) in [4.78, 5) is 24.2. The highest BCUT2D eigenvalue weighted by Gasteiger charge is 2.10. The van der Waals surface area contributed by atoms with Crippen LogP contribution in [-0.2, 0) is 11.3 Å². The second-order valence-corrected chi connectivity index (χ2v) is 5.58. The average Bonchev–Trinajstić information content (AvgIpc) is 3.04. The number of benzene rings is 2. The molecule has 3 aromatic rings. The summed E-state index contributed by atoms with van der Waals surface area (Å²) < 4.78 is 0. The molecule has 0 aliphatic heterocycles. The van der Waals surface area contributed by atoms with Gasteiger partial charge in [-0.05, 0) is 53.7 Å². The molecule has 0 radical (unpaired) electrons. The molecule has 3 rings (SSSR count). The number of anilines is 1. The van der Waals surface area contributed by atoms with Crippen molar-refractivity contribution < 1.29 is 9.59 Å². The van der Waals surface area contributed by atoms with Gasteiger partial charge in [-0.3, -0.25) is 9.59 Å². The Morgan fingerprint density at radius 3 is 2.40 bits per heavy atom. The lowest BCUT2D eigenvalue weighted by atomic mass is 10.2. The molecule has 8 nitrogen and oxygen atoms in total. The van der Waals surface area contributed by atoms with E-state index in [4.69, 9.17) is 17.3 Å². The highest BCUT2D eigenvalue weighted by molar-refractivity contribution is 6.30. The van der Waals surface area contributed by atoms with E-state index >= 15 is 0 Å². The number of nitrogens with two attached hydrogens (primary N) is 1. The fourth-order valence-electron chi connectivity index (χ4n) is 2.07. The number of aromatic nitrogens is 4. The number of tetrazole rings is 1. The van der Waals surface area contributed by atoms with Crippen molar-refractivity contribution in [2.24, 2.45) is 5.73 Å². The third-order valence-electron chi connectivity index (χ3n) is 3.29. The molecule has 0 saturated heterocycles. The maximum Gasteiger partial charge on any atom is 0.248 e. The maximum absolute atomic E-state index is 12.0. The number of nitrogens with one attached hydrogen (secondary N) is 1. The van der Waals surface area contributed by atoms with Crippen molar-refractivity contribution in [3.8, 4) is 11.4 Å². The number of hydrogen-bond acceptors (Lipinski definition) is 5. The highest BCUT2D eigenvalue weighted by Crippen LogP contribution is 2.17. The molecule has 3 N–H and O–H groups in total. The lowest BCUT2D eigenvalue weighted by Gasteiger charge is -2.04. The van der Waals surface area contributed by atoms with Crippen molar-refractivity contribution in [2.75, 3.05) is 5.32 Å². The Morgan fingerprint density at radius 1 is 1.08 bits per heavy atom. The number of primary amides is 1. The zero-order valence-corrected chi connectivity index (χ0v) is 13.6. The van der Waals surface area contributed by atoms with E-state index in [9.17, 15) is 9.59 Å². The molecule has 25 heavy (non-hydrogen) atoms. The summed E-state index contributed by atoms with van der Waals surface area (Å²) in [6.07, 6.45) is 0. The first-order valence-electron chi connectivity index (χ1n) is 7.25. The van der Waals surface area contributed by atoms with Crippen LogP contribution in [0.3, 0.4) is 0 Å². The minimum absolute atomic E-state index is 0.0990. The molecule has 0 fully saturated rings. The summed E-state index contributed by atoms with van der Waals surface area (Å²) in [5.74, 6) is -0.457. The van der Waals surface area contributed by atoms with Gasteiger partial charge < -0.3 is 11.1 Å². The largest absolute Gasteiger partial charge is 0.366 e. The number of carbonyl (C=O) groups excluding carboxylic acids is 2. The summed E-state index contributed by atoms with van der Waals surface area (Å²) in [6.45, 7) is -0.0990. The molecular weight excluding hydrogens is 344 g/mol. The van der Waals surface area contributed by atoms with Crippen molar-refractivity contribution in [3.05, 3.63) is 59.1 Å². The van der Waals surface area contributed by atoms with E-state index in [1.165, 1.54) is 16.9 Å². The highest BCUT2D eigenvalue weighted by atomic mass is 35.5. The predicted molar refractivity (Wildman–Crippen MR) is 91.9 cm³/mol. The first-order chi connectivity index (χ1) is 12.0. The lowest BCUT2D eigenvalue weighted by Crippen LogP contribution is -2.20. The van der Waals surface area contributed by atoms with E-state index in [1.807, 2.05) is 0 Å². The summed E-state index contributed by atoms with van der Waals surface area (Å²) in [5.41, 5.74) is 6.81. The van der Waals surface area contributed by atoms with Crippen molar-refractivity contribution in [1.29, 1.82) is 0 Å². The Labute approximate surface area is 147 Å². The number of amides is 2. The van der Waals surface area contributed by atoms with Gasteiger partial charge in [0.2, 0.25) is 17.6 Å². The summed E-state index contributed by atoms with van der Waals surface area (Å²) in [6, 6.07) is 13.2.